The van der Waals surface area contributed by atoms with E-state index in [-0.39, 0.29) is 19.3 Å². The topological polar surface area (TPSA) is 212 Å². The predicted octanol–water partition coefficient (Wildman–Crippen LogP) is 3.18. The zero-order valence-corrected chi connectivity index (χ0v) is 29.7. The Bertz CT molecular complexity index is 821. The second kappa shape index (κ2) is 18.1. The third-order valence-corrected chi connectivity index (χ3v) is 17.1. The highest BCUT2D eigenvalue weighted by molar-refractivity contribution is 6.66. The quantitative estimate of drug-likeness (QED) is 0.107. The van der Waals surface area contributed by atoms with E-state index in [0.717, 1.165) is 0 Å². The molecule has 0 spiro atoms. The van der Waals surface area contributed by atoms with Crippen molar-refractivity contribution in [1.82, 2.24) is 0 Å². The van der Waals surface area contributed by atoms with Gasteiger partial charge in [-0.2, -0.15) is 0 Å². The van der Waals surface area contributed by atoms with Crippen LogP contribution < -0.4 is 17.2 Å². The minimum absolute atomic E-state index is 0.0400. The van der Waals surface area contributed by atoms with Crippen LogP contribution in [-0.4, -0.2) is 104 Å². The number of amides is 3. The Hall–Kier alpha value is -1.78. The summed E-state index contributed by atoms with van der Waals surface area (Å²) < 4.78 is 50.8. The normalized spacial score (nSPS) is 14.2. The lowest BCUT2D eigenvalue weighted by atomic mass is 9.73. The molecule has 0 fully saturated rings. The Morgan fingerprint density at radius 1 is 0.524 bits per heavy atom. The van der Waals surface area contributed by atoms with Crippen LogP contribution in [-0.2, 0) is 40.8 Å². The lowest BCUT2D eigenvalue weighted by molar-refractivity contribution is -0.181. The van der Waals surface area contributed by atoms with Gasteiger partial charge >= 0.3 is 44.0 Å². The Morgan fingerprint density at radius 3 is 1.07 bits per heavy atom. The Morgan fingerprint density at radius 2 is 0.810 bits per heavy atom. The van der Waals surface area contributed by atoms with Crippen molar-refractivity contribution in [2.75, 3.05) is 49.3 Å². The molecule has 18 heteroatoms. The van der Waals surface area contributed by atoms with Gasteiger partial charge in [-0.1, -0.05) is 0 Å². The standard InChI is InChI=1S/C24H53N3O12Si3/c1-31-40(7,32-2)16-10-13-23(38-21(26)29,14-11-17-41(8,33-3)34-4)24(39-22(27)30,19-37-20(25)28)15-12-18-42(9,35-5)36-6/h10-19H2,1-9H3,(H2,25,28)(H2,26,29)(H2,27,30). The smallest absolute Gasteiger partial charge is 0.405 e. The number of carbonyl (C=O) groups is 3. The molecule has 0 heterocycles. The molecule has 248 valence electrons. The van der Waals surface area contributed by atoms with Crippen LogP contribution in [0, 0.1) is 0 Å². The third-order valence-electron chi connectivity index (χ3n) is 8.10. The van der Waals surface area contributed by atoms with Gasteiger partial charge in [-0.3, -0.25) is 0 Å². The van der Waals surface area contributed by atoms with E-state index in [2.05, 4.69) is 0 Å². The van der Waals surface area contributed by atoms with E-state index in [1.807, 2.05) is 19.6 Å². The van der Waals surface area contributed by atoms with Crippen molar-refractivity contribution in [3.8, 4) is 0 Å². The molecule has 42 heavy (non-hydrogen) atoms. The fraction of sp³-hybridized carbons (Fsp3) is 0.875. The van der Waals surface area contributed by atoms with Gasteiger partial charge in [0.1, 0.15) is 6.61 Å². The van der Waals surface area contributed by atoms with Crippen molar-refractivity contribution in [3.63, 3.8) is 0 Å². The van der Waals surface area contributed by atoms with Crippen LogP contribution in [0.5, 0.6) is 0 Å². The Kier molecular flexibility index (Phi) is 17.4. The molecule has 0 aliphatic carbocycles. The Labute approximate surface area is 253 Å². The zero-order chi connectivity index (χ0) is 32.7. The first-order valence-electron chi connectivity index (χ1n) is 13.7. The van der Waals surface area contributed by atoms with Gasteiger partial charge in [-0.25, -0.2) is 14.4 Å². The summed E-state index contributed by atoms with van der Waals surface area (Å²) >= 11 is 0. The molecule has 0 saturated carbocycles. The largest absolute Gasteiger partial charge is 0.445 e. The highest BCUT2D eigenvalue weighted by Gasteiger charge is 2.58. The van der Waals surface area contributed by atoms with Crippen LogP contribution in [0.2, 0.25) is 37.8 Å². The maximum atomic E-state index is 12.5. The highest BCUT2D eigenvalue weighted by atomic mass is 28.4. The fourth-order valence-electron chi connectivity index (χ4n) is 4.90. The number of hydrogen-bond acceptors (Lipinski definition) is 12. The van der Waals surface area contributed by atoms with Gasteiger partial charge in [0.15, 0.2) is 11.2 Å². The average Bonchev–Trinajstić information content (AvgIpc) is 2.94. The lowest BCUT2D eigenvalue weighted by Crippen LogP contribution is -2.63. The first-order chi connectivity index (χ1) is 19.5. The number of carbonyl (C=O) groups excluding carboxylic acids is 3. The average molecular weight is 660 g/mol. The van der Waals surface area contributed by atoms with E-state index in [1.165, 1.54) is 0 Å². The maximum Gasteiger partial charge on any atom is 0.405 e. The highest BCUT2D eigenvalue weighted by Crippen LogP contribution is 2.44. The molecule has 0 aliphatic rings. The summed E-state index contributed by atoms with van der Waals surface area (Å²) in [7, 11) is 1.66. The molecule has 0 radical (unpaired) electrons. The van der Waals surface area contributed by atoms with Crippen LogP contribution >= 0.6 is 0 Å². The molecule has 0 aromatic heterocycles. The van der Waals surface area contributed by atoms with Crippen molar-refractivity contribution in [2.45, 2.75) is 87.5 Å². The molecule has 0 aliphatic heterocycles. The van der Waals surface area contributed by atoms with Crippen molar-refractivity contribution in [1.29, 1.82) is 0 Å². The van der Waals surface area contributed by atoms with Crippen LogP contribution in [0.15, 0.2) is 0 Å². The van der Waals surface area contributed by atoms with Gasteiger partial charge in [-0.15, -0.1) is 0 Å². The number of rotatable bonds is 23. The van der Waals surface area contributed by atoms with E-state index >= 15 is 0 Å². The molecule has 3 amide bonds. The first kappa shape index (κ1) is 40.2. The van der Waals surface area contributed by atoms with Gasteiger partial charge < -0.3 is 58.0 Å². The summed E-state index contributed by atoms with van der Waals surface area (Å²) in [6.45, 7) is 5.10. The molecule has 1 unspecified atom stereocenters. The molecule has 0 rings (SSSR count). The molecule has 0 saturated heterocycles. The van der Waals surface area contributed by atoms with Crippen molar-refractivity contribution in [3.05, 3.63) is 0 Å². The second-order valence-electron chi connectivity index (χ2n) is 10.6. The molecule has 1 atom stereocenters. The lowest BCUT2D eigenvalue weighted by Gasteiger charge is -2.48. The minimum atomic E-state index is -2.58. The number of hydrogen-bond donors (Lipinski definition) is 3. The van der Waals surface area contributed by atoms with E-state index < -0.39 is 61.8 Å². The molecule has 0 aromatic rings. The zero-order valence-electron chi connectivity index (χ0n) is 26.7. The second-order valence-corrected chi connectivity index (χ2v) is 21.4. The van der Waals surface area contributed by atoms with Gasteiger partial charge in [0, 0.05) is 42.7 Å². The summed E-state index contributed by atoms with van der Waals surface area (Å²) in [6, 6.07) is 1.45. The molecule has 0 aromatic carbocycles. The van der Waals surface area contributed by atoms with Gasteiger partial charge in [0.2, 0.25) is 0 Å². The van der Waals surface area contributed by atoms with E-state index in [0.29, 0.717) is 37.4 Å². The van der Waals surface area contributed by atoms with Crippen molar-refractivity contribution in [2.24, 2.45) is 17.2 Å². The van der Waals surface area contributed by atoms with Crippen molar-refractivity contribution >= 4 is 44.0 Å². The number of primary amides is 3. The van der Waals surface area contributed by atoms with Crippen molar-refractivity contribution < 1.29 is 55.2 Å². The third kappa shape index (κ3) is 12.4. The maximum absolute atomic E-state index is 12.5. The van der Waals surface area contributed by atoms with E-state index in [9.17, 15) is 14.4 Å². The minimum Gasteiger partial charge on any atom is -0.445 e. The molecular weight excluding hydrogens is 607 g/mol. The SMILES string of the molecule is CO[Si](C)(CCCC(CCC[Si](C)(OC)OC)(OC(N)=O)C(CCC[Si](C)(OC)OC)(COC(N)=O)OC(N)=O)OC. The number of ether oxygens (including phenoxy) is 3. The van der Waals surface area contributed by atoms with E-state index in [4.69, 9.17) is 58.0 Å². The van der Waals surface area contributed by atoms with Gasteiger partial charge in [-0.05, 0) is 76.3 Å². The Balaban J connectivity index is 7.03. The summed E-state index contributed by atoms with van der Waals surface area (Å²) in [5, 5.41) is 0. The first-order valence-corrected chi connectivity index (χ1v) is 21.3. The summed E-state index contributed by atoms with van der Waals surface area (Å²) in [4.78, 5) is 36.9. The molecule has 15 nitrogen and oxygen atoms in total. The predicted molar refractivity (Wildman–Crippen MR) is 161 cm³/mol. The monoisotopic (exact) mass is 659 g/mol. The van der Waals surface area contributed by atoms with Gasteiger partial charge in [0.25, 0.3) is 0 Å². The van der Waals surface area contributed by atoms with E-state index in [1.54, 1.807) is 42.7 Å². The molecule has 6 N–H and O–H groups in total. The summed E-state index contributed by atoms with van der Waals surface area (Å²) in [6.07, 6.45) is -1.94. The van der Waals surface area contributed by atoms with Crippen LogP contribution in [0.3, 0.4) is 0 Å². The molecular formula is C24H53N3O12Si3. The number of nitrogens with two attached hydrogens (primary N) is 3. The molecule has 0 bridgehead atoms. The van der Waals surface area contributed by atoms with Crippen LogP contribution in [0.25, 0.3) is 0 Å². The fourth-order valence-corrected chi connectivity index (χ4v) is 9.08. The van der Waals surface area contributed by atoms with Crippen LogP contribution in [0.1, 0.15) is 38.5 Å². The summed E-state index contributed by atoms with van der Waals surface area (Å²) in [5.41, 5.74) is 13.2. The van der Waals surface area contributed by atoms with Gasteiger partial charge in [0.05, 0.1) is 0 Å². The summed E-state index contributed by atoms with van der Waals surface area (Å²) in [5.74, 6) is 0. The van der Waals surface area contributed by atoms with Crippen LogP contribution in [0.4, 0.5) is 14.4 Å².